The molecule has 1 atom stereocenters. The second kappa shape index (κ2) is 6.40. The molecule has 2 nitrogen and oxygen atoms in total. The highest BCUT2D eigenvalue weighted by atomic mass is 16.5. The average molecular weight is 315 g/mol. The Morgan fingerprint density at radius 2 is 1.79 bits per heavy atom. The topological polar surface area (TPSA) is 21.3 Å². The van der Waals surface area contributed by atoms with Crippen molar-refractivity contribution in [3.05, 3.63) is 95.1 Å². The van der Waals surface area contributed by atoms with Crippen LogP contribution in [0.1, 0.15) is 24.5 Å². The Morgan fingerprint density at radius 1 is 1.00 bits per heavy atom. The van der Waals surface area contributed by atoms with Crippen molar-refractivity contribution in [2.45, 2.75) is 26.0 Å². The number of allylic oxidation sites excluding steroid dienone is 2. The molecule has 2 aromatic carbocycles. The van der Waals surface area contributed by atoms with Crippen molar-refractivity contribution >= 4 is 5.70 Å². The van der Waals surface area contributed by atoms with Gasteiger partial charge in [-0.3, -0.25) is 0 Å². The molecule has 1 aliphatic heterocycles. The quantitative estimate of drug-likeness (QED) is 0.870. The number of ether oxygens (including phenoxy) is 1. The molecule has 0 fully saturated rings. The molecule has 2 aliphatic rings. The predicted octanol–water partition coefficient (Wildman–Crippen LogP) is 4.85. The highest BCUT2D eigenvalue weighted by Crippen LogP contribution is 2.30. The minimum absolute atomic E-state index is 0.428. The Bertz CT molecular complexity index is 813. The maximum absolute atomic E-state index is 5.86. The van der Waals surface area contributed by atoms with Gasteiger partial charge in [0.1, 0.15) is 12.4 Å². The first-order valence-corrected chi connectivity index (χ1v) is 8.42. The molecule has 0 aromatic heterocycles. The molecule has 120 valence electrons. The Hall–Kier alpha value is -2.74. The highest BCUT2D eigenvalue weighted by molar-refractivity contribution is 5.72. The van der Waals surface area contributed by atoms with Gasteiger partial charge in [0.15, 0.2) is 0 Å². The molecule has 0 saturated carbocycles. The summed E-state index contributed by atoms with van der Waals surface area (Å²) in [5.74, 6) is 0.898. The van der Waals surface area contributed by atoms with Crippen molar-refractivity contribution in [1.82, 2.24) is 5.32 Å². The monoisotopic (exact) mass is 315 g/mol. The molecule has 1 heterocycles. The molecule has 0 amide bonds. The van der Waals surface area contributed by atoms with Gasteiger partial charge in [0, 0.05) is 5.70 Å². The van der Waals surface area contributed by atoms with Crippen LogP contribution in [0.4, 0.5) is 0 Å². The first-order valence-electron chi connectivity index (χ1n) is 8.42. The number of benzene rings is 2. The molecule has 0 bridgehead atoms. The van der Waals surface area contributed by atoms with Crippen LogP contribution in [0, 0.1) is 0 Å². The Morgan fingerprint density at radius 3 is 2.58 bits per heavy atom. The average Bonchev–Trinajstić information content (AvgIpc) is 3.04. The third kappa shape index (κ3) is 3.13. The summed E-state index contributed by atoms with van der Waals surface area (Å²) in [7, 11) is 0. The van der Waals surface area contributed by atoms with Gasteiger partial charge in [-0.2, -0.15) is 0 Å². The lowest BCUT2D eigenvalue weighted by molar-refractivity contribution is 0.306. The first-order chi connectivity index (χ1) is 11.8. The lowest BCUT2D eigenvalue weighted by Gasteiger charge is -2.17. The normalized spacial score (nSPS) is 18.9. The minimum atomic E-state index is 0.428. The van der Waals surface area contributed by atoms with Crippen molar-refractivity contribution < 1.29 is 4.74 Å². The molecule has 0 saturated heterocycles. The van der Waals surface area contributed by atoms with E-state index in [0.717, 1.165) is 12.2 Å². The molecule has 1 unspecified atom stereocenters. The van der Waals surface area contributed by atoms with Crippen molar-refractivity contribution in [3.63, 3.8) is 0 Å². The summed E-state index contributed by atoms with van der Waals surface area (Å²) in [6, 6.07) is 19.0. The number of rotatable bonds is 4. The second-order valence-corrected chi connectivity index (χ2v) is 6.38. The minimum Gasteiger partial charge on any atom is -0.489 e. The van der Waals surface area contributed by atoms with Crippen LogP contribution in [0.15, 0.2) is 84.0 Å². The zero-order valence-corrected chi connectivity index (χ0v) is 13.8. The molecule has 0 radical (unpaired) electrons. The predicted molar refractivity (Wildman–Crippen MR) is 98.6 cm³/mol. The van der Waals surface area contributed by atoms with Gasteiger partial charge in [0.05, 0.1) is 6.04 Å². The Kier molecular flexibility index (Phi) is 3.96. The number of fused-ring (bicyclic) bond motifs is 1. The van der Waals surface area contributed by atoms with E-state index in [2.05, 4.69) is 54.7 Å². The highest BCUT2D eigenvalue weighted by Gasteiger charge is 2.22. The Labute approximate surface area is 143 Å². The summed E-state index contributed by atoms with van der Waals surface area (Å²) in [4.78, 5) is 0. The summed E-state index contributed by atoms with van der Waals surface area (Å²) in [6.45, 7) is 2.76. The van der Waals surface area contributed by atoms with Crippen LogP contribution in [0.2, 0.25) is 0 Å². The molecule has 1 aliphatic carbocycles. The van der Waals surface area contributed by atoms with E-state index in [-0.39, 0.29) is 0 Å². The van der Waals surface area contributed by atoms with Gasteiger partial charge >= 0.3 is 0 Å². The van der Waals surface area contributed by atoms with Gasteiger partial charge in [-0.25, -0.2) is 0 Å². The molecular formula is C22H21NO. The summed E-state index contributed by atoms with van der Waals surface area (Å²) in [5.41, 5.74) is 6.32. The number of hydrogen-bond acceptors (Lipinski definition) is 2. The van der Waals surface area contributed by atoms with Crippen molar-refractivity contribution in [3.8, 4) is 5.75 Å². The van der Waals surface area contributed by atoms with E-state index in [1.165, 1.54) is 28.0 Å². The van der Waals surface area contributed by atoms with E-state index in [0.29, 0.717) is 12.6 Å². The van der Waals surface area contributed by atoms with Gasteiger partial charge < -0.3 is 10.1 Å². The van der Waals surface area contributed by atoms with Crippen molar-refractivity contribution in [1.29, 1.82) is 0 Å². The maximum atomic E-state index is 5.86. The van der Waals surface area contributed by atoms with Crippen LogP contribution in [-0.2, 0) is 6.61 Å². The van der Waals surface area contributed by atoms with Crippen molar-refractivity contribution in [2.75, 3.05) is 0 Å². The summed E-state index contributed by atoms with van der Waals surface area (Å²) in [5, 5.41) is 3.61. The van der Waals surface area contributed by atoms with E-state index in [1.54, 1.807) is 0 Å². The lowest BCUT2D eigenvalue weighted by Crippen LogP contribution is -2.24. The van der Waals surface area contributed by atoms with Crippen LogP contribution in [0.3, 0.4) is 0 Å². The fraction of sp³-hybridized carbons (Fsp3) is 0.182. The smallest absolute Gasteiger partial charge is 0.119 e. The molecule has 1 N–H and O–H groups in total. The fourth-order valence-corrected chi connectivity index (χ4v) is 3.18. The summed E-state index contributed by atoms with van der Waals surface area (Å²) < 4.78 is 5.86. The zero-order valence-electron chi connectivity index (χ0n) is 13.8. The van der Waals surface area contributed by atoms with E-state index < -0.39 is 0 Å². The Balaban J connectivity index is 1.44. The lowest BCUT2D eigenvalue weighted by atomic mass is 9.97. The van der Waals surface area contributed by atoms with E-state index in [4.69, 9.17) is 4.74 Å². The van der Waals surface area contributed by atoms with Gasteiger partial charge in [-0.1, -0.05) is 48.1 Å². The largest absolute Gasteiger partial charge is 0.489 e. The van der Waals surface area contributed by atoms with Crippen molar-refractivity contribution in [2.24, 2.45) is 0 Å². The molecule has 24 heavy (non-hydrogen) atoms. The second-order valence-electron chi connectivity index (χ2n) is 6.38. The number of hydrogen-bond donors (Lipinski definition) is 1. The first kappa shape index (κ1) is 14.8. The zero-order chi connectivity index (χ0) is 16.4. The van der Waals surface area contributed by atoms with Crippen LogP contribution >= 0.6 is 0 Å². The molecule has 0 spiro atoms. The summed E-state index contributed by atoms with van der Waals surface area (Å²) in [6.07, 6.45) is 7.89. The third-order valence-corrected chi connectivity index (χ3v) is 4.53. The fourth-order valence-electron chi connectivity index (χ4n) is 3.18. The van der Waals surface area contributed by atoms with Gasteiger partial charge in [-0.05, 0) is 60.4 Å². The van der Waals surface area contributed by atoms with E-state index in [9.17, 15) is 0 Å². The van der Waals surface area contributed by atoms with Gasteiger partial charge in [-0.15, -0.1) is 0 Å². The molecular weight excluding hydrogens is 294 g/mol. The molecule has 4 rings (SSSR count). The number of nitrogens with one attached hydrogen (secondary N) is 1. The van der Waals surface area contributed by atoms with Crippen LogP contribution < -0.4 is 10.1 Å². The van der Waals surface area contributed by atoms with E-state index >= 15 is 0 Å². The van der Waals surface area contributed by atoms with Crippen LogP contribution in [0.25, 0.3) is 5.70 Å². The SMILES string of the molecule is CC1=CCC2NC(c3ccc(OCc4ccccc4)cc3)=CC2=C1. The molecule has 2 aromatic rings. The van der Waals surface area contributed by atoms with E-state index in [1.807, 2.05) is 30.3 Å². The van der Waals surface area contributed by atoms with Gasteiger partial charge in [0.25, 0.3) is 0 Å². The summed E-state index contributed by atoms with van der Waals surface area (Å²) >= 11 is 0. The maximum Gasteiger partial charge on any atom is 0.119 e. The van der Waals surface area contributed by atoms with Gasteiger partial charge in [0.2, 0.25) is 0 Å². The molecule has 2 heteroatoms. The van der Waals surface area contributed by atoms with Crippen LogP contribution in [0.5, 0.6) is 5.75 Å². The van der Waals surface area contributed by atoms with Crippen LogP contribution in [-0.4, -0.2) is 6.04 Å². The third-order valence-electron chi connectivity index (χ3n) is 4.53. The standard InChI is InChI=1S/C22H21NO/c1-16-7-12-21-19(13-16)14-22(23-21)18-8-10-20(11-9-18)24-15-17-5-3-2-4-6-17/h2-11,13-14,21,23H,12,15H2,1H3.